The Morgan fingerprint density at radius 3 is 2.30 bits per heavy atom. The first-order chi connectivity index (χ1) is 22.7. The fraction of sp³-hybridized carbons (Fsp3) is 0.389. The van der Waals surface area contributed by atoms with E-state index in [1.807, 2.05) is 35.2 Å². The number of ether oxygens (including phenoxy) is 2. The molecule has 1 aliphatic heterocycles. The van der Waals surface area contributed by atoms with Crippen molar-refractivity contribution in [3.8, 4) is 11.5 Å². The van der Waals surface area contributed by atoms with E-state index in [9.17, 15) is 14.7 Å². The number of rotatable bonds is 14. The van der Waals surface area contributed by atoms with Crippen molar-refractivity contribution in [2.75, 3.05) is 26.4 Å². The van der Waals surface area contributed by atoms with Crippen LogP contribution in [-0.4, -0.2) is 60.1 Å². The SMILES string of the molecule is NC(C(=O)C1CC1)c1ccc(Cl)c(CN(C(=O)C2=C(c3ccc(OCCOc4c(Cl)cccc4Cl)cc3)CCN[C@@H]2CO)C2CC2)c1. The van der Waals surface area contributed by atoms with Crippen molar-refractivity contribution in [1.82, 2.24) is 10.2 Å². The zero-order valence-electron chi connectivity index (χ0n) is 25.9. The van der Waals surface area contributed by atoms with E-state index >= 15 is 0 Å². The molecule has 1 heterocycles. The lowest BCUT2D eigenvalue weighted by atomic mass is 9.88. The molecule has 0 saturated heterocycles. The lowest BCUT2D eigenvalue weighted by molar-refractivity contribution is -0.129. The summed E-state index contributed by atoms with van der Waals surface area (Å²) in [6.45, 7) is 1.23. The van der Waals surface area contributed by atoms with Crippen molar-refractivity contribution in [3.63, 3.8) is 0 Å². The van der Waals surface area contributed by atoms with Gasteiger partial charge in [-0.3, -0.25) is 9.59 Å². The highest BCUT2D eigenvalue weighted by Crippen LogP contribution is 2.38. The van der Waals surface area contributed by atoms with Crippen LogP contribution in [0, 0.1) is 5.92 Å². The third kappa shape index (κ3) is 7.96. The molecule has 11 heteroatoms. The summed E-state index contributed by atoms with van der Waals surface area (Å²) in [5.74, 6) is 1.03. The number of carbonyl (C=O) groups is 2. The van der Waals surface area contributed by atoms with Crippen LogP contribution >= 0.6 is 34.8 Å². The van der Waals surface area contributed by atoms with Crippen LogP contribution in [0.25, 0.3) is 5.57 Å². The quantitative estimate of drug-likeness (QED) is 0.168. The summed E-state index contributed by atoms with van der Waals surface area (Å²) in [6.07, 6.45) is 4.18. The van der Waals surface area contributed by atoms with Gasteiger partial charge in [-0.05, 0) is 91.2 Å². The normalized spacial score (nSPS) is 18.5. The second-order valence-electron chi connectivity index (χ2n) is 12.3. The van der Waals surface area contributed by atoms with Gasteiger partial charge in [0.2, 0.25) is 0 Å². The van der Waals surface area contributed by atoms with Gasteiger partial charge in [-0.25, -0.2) is 0 Å². The Morgan fingerprint density at radius 2 is 1.64 bits per heavy atom. The largest absolute Gasteiger partial charge is 0.490 e. The molecule has 2 saturated carbocycles. The van der Waals surface area contributed by atoms with E-state index in [1.165, 1.54) is 0 Å². The van der Waals surface area contributed by atoms with E-state index in [0.717, 1.165) is 42.4 Å². The molecule has 47 heavy (non-hydrogen) atoms. The Morgan fingerprint density at radius 1 is 0.936 bits per heavy atom. The summed E-state index contributed by atoms with van der Waals surface area (Å²) in [7, 11) is 0. The van der Waals surface area contributed by atoms with Gasteiger partial charge in [-0.1, -0.05) is 65.1 Å². The molecule has 1 unspecified atom stereocenters. The van der Waals surface area contributed by atoms with Crippen LogP contribution in [0.3, 0.4) is 0 Å². The molecule has 6 rings (SSSR count). The first-order valence-corrected chi connectivity index (χ1v) is 17.1. The number of aliphatic hydroxyl groups is 1. The number of halogens is 3. The number of Topliss-reactive ketones (excluding diaryl/α,β-unsaturated/α-hetero) is 1. The standard InChI is InChI=1S/C36H38Cl3N3O5/c37-28-13-8-23(33(40)34(44)22-4-5-22)18-24(28)19-42(25-9-10-25)36(45)32-27(14-15-41-31(32)20-43)21-6-11-26(12-7-21)46-16-17-47-35-29(38)2-1-3-30(35)39/h1-3,6-8,11-13,18,22,25,31,33,41,43H,4-5,9-10,14-17,19-20,40H2/t31-,33?/m1/s1. The average Bonchev–Trinajstić information content (AvgIpc) is 4.01. The topological polar surface area (TPSA) is 114 Å². The minimum absolute atomic E-state index is 0.0433. The lowest BCUT2D eigenvalue weighted by Gasteiger charge is -2.33. The van der Waals surface area contributed by atoms with E-state index in [2.05, 4.69) is 5.32 Å². The van der Waals surface area contributed by atoms with Gasteiger partial charge in [0.05, 0.1) is 28.7 Å². The van der Waals surface area contributed by atoms with Crippen molar-refractivity contribution in [1.29, 1.82) is 0 Å². The third-order valence-corrected chi connectivity index (χ3v) is 9.84. The van der Waals surface area contributed by atoms with Crippen LogP contribution in [0.1, 0.15) is 54.8 Å². The highest BCUT2D eigenvalue weighted by atomic mass is 35.5. The molecule has 2 aliphatic carbocycles. The number of hydrogen-bond acceptors (Lipinski definition) is 7. The maximum absolute atomic E-state index is 14.4. The van der Waals surface area contributed by atoms with Crippen LogP contribution < -0.4 is 20.5 Å². The number of para-hydroxylation sites is 1. The highest BCUT2D eigenvalue weighted by molar-refractivity contribution is 6.37. The van der Waals surface area contributed by atoms with Crippen molar-refractivity contribution in [3.05, 3.63) is 98.0 Å². The van der Waals surface area contributed by atoms with Crippen LogP contribution in [-0.2, 0) is 16.1 Å². The second kappa shape index (κ2) is 15.0. The number of aliphatic hydroxyl groups excluding tert-OH is 1. The molecular formula is C36H38Cl3N3O5. The fourth-order valence-electron chi connectivity index (χ4n) is 6.01. The van der Waals surface area contributed by atoms with Gasteiger partial charge < -0.3 is 30.5 Å². The Kier molecular flexibility index (Phi) is 10.8. The molecule has 0 radical (unpaired) electrons. The monoisotopic (exact) mass is 697 g/mol. The number of nitrogens with zero attached hydrogens (tertiary/aromatic N) is 1. The number of nitrogens with one attached hydrogen (secondary N) is 1. The fourth-order valence-corrected chi connectivity index (χ4v) is 6.70. The van der Waals surface area contributed by atoms with Crippen LogP contribution in [0.15, 0.2) is 66.2 Å². The number of carbonyl (C=O) groups excluding carboxylic acids is 2. The minimum Gasteiger partial charge on any atom is -0.490 e. The molecule has 0 aromatic heterocycles. The Balaban J connectivity index is 1.19. The van der Waals surface area contributed by atoms with Gasteiger partial charge in [-0.2, -0.15) is 0 Å². The lowest BCUT2D eigenvalue weighted by Crippen LogP contribution is -2.46. The summed E-state index contributed by atoms with van der Waals surface area (Å²) >= 11 is 19.0. The molecule has 1 amide bonds. The molecule has 248 valence electrons. The predicted octanol–water partition coefficient (Wildman–Crippen LogP) is 6.38. The molecule has 2 atom stereocenters. The summed E-state index contributed by atoms with van der Waals surface area (Å²) < 4.78 is 11.6. The Labute approximate surface area is 289 Å². The van der Waals surface area contributed by atoms with E-state index in [-0.39, 0.29) is 50.0 Å². The zero-order valence-corrected chi connectivity index (χ0v) is 28.2. The molecule has 0 spiro atoms. The molecule has 3 aliphatic rings. The van der Waals surface area contributed by atoms with Crippen molar-refractivity contribution < 1.29 is 24.2 Å². The van der Waals surface area contributed by atoms with Crippen LogP contribution in [0.5, 0.6) is 11.5 Å². The van der Waals surface area contributed by atoms with Crippen molar-refractivity contribution >= 4 is 52.1 Å². The maximum Gasteiger partial charge on any atom is 0.252 e. The zero-order chi connectivity index (χ0) is 33.1. The first kappa shape index (κ1) is 33.8. The van der Waals surface area contributed by atoms with Crippen LogP contribution in [0.2, 0.25) is 15.1 Å². The molecule has 3 aromatic carbocycles. The number of ketones is 1. The molecular weight excluding hydrogens is 661 g/mol. The maximum atomic E-state index is 14.4. The van der Waals surface area contributed by atoms with Gasteiger partial charge in [0.1, 0.15) is 19.0 Å². The van der Waals surface area contributed by atoms with E-state index in [0.29, 0.717) is 50.7 Å². The van der Waals surface area contributed by atoms with E-state index in [1.54, 1.807) is 30.3 Å². The first-order valence-electron chi connectivity index (χ1n) is 16.0. The molecule has 8 nitrogen and oxygen atoms in total. The van der Waals surface area contributed by atoms with Crippen molar-refractivity contribution in [2.45, 2.75) is 56.8 Å². The molecule has 4 N–H and O–H groups in total. The number of hydrogen-bond donors (Lipinski definition) is 3. The van der Waals surface area contributed by atoms with Gasteiger partial charge in [-0.15, -0.1) is 0 Å². The van der Waals surface area contributed by atoms with Crippen LogP contribution in [0.4, 0.5) is 0 Å². The third-order valence-electron chi connectivity index (χ3n) is 8.88. The minimum atomic E-state index is -0.709. The predicted molar refractivity (Wildman–Crippen MR) is 184 cm³/mol. The Bertz CT molecular complexity index is 1640. The summed E-state index contributed by atoms with van der Waals surface area (Å²) in [6, 6.07) is 17.0. The number of nitrogens with two attached hydrogens (primary N) is 1. The Hall–Kier alpha value is -3.11. The summed E-state index contributed by atoms with van der Waals surface area (Å²) in [5, 5.41) is 15.0. The van der Waals surface area contributed by atoms with Crippen molar-refractivity contribution in [2.24, 2.45) is 11.7 Å². The van der Waals surface area contributed by atoms with Gasteiger partial charge >= 0.3 is 0 Å². The molecule has 0 bridgehead atoms. The molecule has 2 fully saturated rings. The number of benzene rings is 3. The van der Waals surface area contributed by atoms with E-state index in [4.69, 9.17) is 50.0 Å². The second-order valence-corrected chi connectivity index (χ2v) is 13.5. The van der Waals surface area contributed by atoms with Gasteiger partial charge in [0.25, 0.3) is 5.91 Å². The van der Waals surface area contributed by atoms with Gasteiger partial charge in [0, 0.05) is 29.1 Å². The average molecular weight is 699 g/mol. The summed E-state index contributed by atoms with van der Waals surface area (Å²) in [5.41, 5.74) is 10.1. The molecule has 3 aromatic rings. The summed E-state index contributed by atoms with van der Waals surface area (Å²) in [4.78, 5) is 28.9. The van der Waals surface area contributed by atoms with E-state index < -0.39 is 12.1 Å². The highest BCUT2D eigenvalue weighted by Gasteiger charge is 2.39. The smallest absolute Gasteiger partial charge is 0.252 e. The van der Waals surface area contributed by atoms with Gasteiger partial charge in [0.15, 0.2) is 11.5 Å². The number of amides is 1.